The van der Waals surface area contributed by atoms with E-state index in [9.17, 15) is 4.79 Å². The van der Waals surface area contributed by atoms with Crippen molar-refractivity contribution in [3.8, 4) is 0 Å². The third-order valence-electron chi connectivity index (χ3n) is 0.913. The first-order valence-corrected chi connectivity index (χ1v) is 2.36. The number of hydrogen-bond donors (Lipinski definition) is 1. The first kappa shape index (κ1) is 8.52. The van der Waals surface area contributed by atoms with Crippen LogP contribution >= 0.6 is 12.4 Å². The molecule has 0 saturated carbocycles. The van der Waals surface area contributed by atoms with Gasteiger partial charge in [-0.1, -0.05) is 0 Å². The predicted octanol–water partition coefficient (Wildman–Crippen LogP) is -0.0977. The van der Waals surface area contributed by atoms with Crippen molar-refractivity contribution in [1.29, 1.82) is 0 Å². The minimum absolute atomic E-state index is 0. The number of cyclic esters (lactones) is 2. The zero-order valence-corrected chi connectivity index (χ0v) is 5.52. The predicted molar refractivity (Wildman–Crippen MR) is 32.5 cm³/mol. The highest BCUT2D eigenvalue weighted by molar-refractivity contribution is 5.85. The van der Waals surface area contributed by atoms with E-state index in [1.807, 2.05) is 0 Å². The molecule has 2 N–H and O–H groups in total. The smallest absolute Gasteiger partial charge is 0.430 e. The third-order valence-corrected chi connectivity index (χ3v) is 0.913. The molecular weight excluding hydrogens is 146 g/mol. The van der Waals surface area contributed by atoms with E-state index in [0.717, 1.165) is 0 Å². The van der Waals surface area contributed by atoms with Crippen LogP contribution < -0.4 is 5.73 Å². The minimum Gasteiger partial charge on any atom is -0.430 e. The SMILES string of the molecule is Cl.NCC1COC(=O)O1. The molecule has 1 saturated heterocycles. The van der Waals surface area contributed by atoms with Crippen LogP contribution in [-0.4, -0.2) is 25.4 Å². The topological polar surface area (TPSA) is 61.5 Å². The van der Waals surface area contributed by atoms with Gasteiger partial charge in [0, 0.05) is 6.54 Å². The average molecular weight is 154 g/mol. The van der Waals surface area contributed by atoms with E-state index in [1.165, 1.54) is 0 Å². The summed E-state index contributed by atoms with van der Waals surface area (Å²) in [5.74, 6) is 0. The molecule has 1 atom stereocenters. The van der Waals surface area contributed by atoms with Crippen LogP contribution in [-0.2, 0) is 9.47 Å². The number of carbonyl (C=O) groups excluding carboxylic acids is 1. The molecule has 0 aromatic heterocycles. The number of carbonyl (C=O) groups is 1. The van der Waals surface area contributed by atoms with Crippen molar-refractivity contribution in [2.24, 2.45) is 5.73 Å². The maximum atomic E-state index is 10.1. The summed E-state index contributed by atoms with van der Waals surface area (Å²) < 4.78 is 8.94. The quantitative estimate of drug-likeness (QED) is 0.535. The first-order chi connectivity index (χ1) is 3.83. The van der Waals surface area contributed by atoms with Crippen LogP contribution in [0.4, 0.5) is 4.79 Å². The van der Waals surface area contributed by atoms with Crippen molar-refractivity contribution >= 4 is 18.6 Å². The minimum atomic E-state index is -0.611. The molecule has 1 aliphatic heterocycles. The lowest BCUT2D eigenvalue weighted by Gasteiger charge is -1.97. The van der Waals surface area contributed by atoms with Crippen LogP contribution in [0.15, 0.2) is 0 Å². The molecular formula is C4H8ClNO3. The van der Waals surface area contributed by atoms with E-state index in [4.69, 9.17) is 5.73 Å². The lowest BCUT2D eigenvalue weighted by molar-refractivity contribution is 0.119. The Hall–Kier alpha value is -0.480. The molecule has 0 bridgehead atoms. The molecule has 9 heavy (non-hydrogen) atoms. The molecule has 1 aliphatic rings. The molecule has 0 amide bonds. The normalized spacial score (nSPS) is 24.1. The fourth-order valence-corrected chi connectivity index (χ4v) is 0.481. The number of hydrogen-bond acceptors (Lipinski definition) is 4. The van der Waals surface area contributed by atoms with Crippen molar-refractivity contribution < 1.29 is 14.3 Å². The van der Waals surface area contributed by atoms with Gasteiger partial charge in [0.25, 0.3) is 0 Å². The molecule has 0 aromatic rings. The van der Waals surface area contributed by atoms with Gasteiger partial charge in [-0.15, -0.1) is 12.4 Å². The number of rotatable bonds is 1. The summed E-state index contributed by atoms with van der Waals surface area (Å²) in [7, 11) is 0. The van der Waals surface area contributed by atoms with Crippen LogP contribution in [0.25, 0.3) is 0 Å². The second kappa shape index (κ2) is 3.53. The largest absolute Gasteiger partial charge is 0.508 e. The molecule has 1 unspecified atom stereocenters. The van der Waals surface area contributed by atoms with Crippen molar-refractivity contribution in [3.05, 3.63) is 0 Å². The van der Waals surface area contributed by atoms with Gasteiger partial charge in [-0.2, -0.15) is 0 Å². The van der Waals surface area contributed by atoms with Gasteiger partial charge >= 0.3 is 6.16 Å². The number of halogens is 1. The summed E-state index contributed by atoms with van der Waals surface area (Å²) >= 11 is 0. The molecule has 4 nitrogen and oxygen atoms in total. The Kier molecular flexibility index (Phi) is 3.34. The van der Waals surface area contributed by atoms with Gasteiger partial charge in [0.1, 0.15) is 6.61 Å². The molecule has 1 fully saturated rings. The first-order valence-electron chi connectivity index (χ1n) is 2.36. The van der Waals surface area contributed by atoms with E-state index in [-0.39, 0.29) is 18.5 Å². The van der Waals surface area contributed by atoms with Crippen LogP contribution in [0.1, 0.15) is 0 Å². The van der Waals surface area contributed by atoms with E-state index < -0.39 is 6.16 Å². The molecule has 0 radical (unpaired) electrons. The Labute approximate surface area is 58.7 Å². The highest BCUT2D eigenvalue weighted by Gasteiger charge is 2.22. The Morgan fingerprint density at radius 2 is 2.44 bits per heavy atom. The van der Waals surface area contributed by atoms with Crippen molar-refractivity contribution in [1.82, 2.24) is 0 Å². The van der Waals surface area contributed by atoms with Gasteiger partial charge in [-0.25, -0.2) is 4.79 Å². The summed E-state index contributed by atoms with van der Waals surface area (Å²) in [4.78, 5) is 10.1. The van der Waals surface area contributed by atoms with Crippen LogP contribution in [0.5, 0.6) is 0 Å². The summed E-state index contributed by atoms with van der Waals surface area (Å²) in [5, 5.41) is 0. The average Bonchev–Trinajstić information content (AvgIpc) is 2.14. The highest BCUT2D eigenvalue weighted by Crippen LogP contribution is 2.02. The highest BCUT2D eigenvalue weighted by atomic mass is 35.5. The maximum absolute atomic E-state index is 10.1. The van der Waals surface area contributed by atoms with Gasteiger partial charge in [0.15, 0.2) is 6.10 Å². The van der Waals surface area contributed by atoms with Gasteiger partial charge in [-0.05, 0) is 0 Å². The summed E-state index contributed by atoms with van der Waals surface area (Å²) in [6.07, 6.45) is -0.831. The van der Waals surface area contributed by atoms with Crippen LogP contribution in [0, 0.1) is 0 Å². The Balaban J connectivity index is 0.000000640. The maximum Gasteiger partial charge on any atom is 0.508 e. The Bertz CT molecular complexity index is 108. The summed E-state index contributed by atoms with van der Waals surface area (Å²) in [5.41, 5.74) is 5.14. The van der Waals surface area contributed by atoms with Crippen LogP contribution in [0.2, 0.25) is 0 Å². The van der Waals surface area contributed by atoms with Crippen molar-refractivity contribution in [2.75, 3.05) is 13.2 Å². The number of nitrogens with two attached hydrogens (primary N) is 1. The molecule has 0 aromatic carbocycles. The number of ether oxygens (including phenoxy) is 2. The van der Waals surface area contributed by atoms with E-state index >= 15 is 0 Å². The molecule has 1 heterocycles. The lowest BCUT2D eigenvalue weighted by Crippen LogP contribution is -2.21. The third kappa shape index (κ3) is 2.07. The van der Waals surface area contributed by atoms with Gasteiger partial charge in [0.05, 0.1) is 0 Å². The van der Waals surface area contributed by atoms with Crippen molar-refractivity contribution in [3.63, 3.8) is 0 Å². The van der Waals surface area contributed by atoms with E-state index in [0.29, 0.717) is 13.2 Å². The lowest BCUT2D eigenvalue weighted by atomic mass is 10.4. The zero-order chi connectivity index (χ0) is 5.98. The molecule has 5 heteroatoms. The Morgan fingerprint density at radius 1 is 1.78 bits per heavy atom. The second-order valence-electron chi connectivity index (χ2n) is 1.54. The zero-order valence-electron chi connectivity index (χ0n) is 4.70. The van der Waals surface area contributed by atoms with Crippen molar-refractivity contribution in [2.45, 2.75) is 6.10 Å². The fourth-order valence-electron chi connectivity index (χ4n) is 0.481. The molecule has 0 spiro atoms. The standard InChI is InChI=1S/C4H7NO3.ClH/c5-1-3-2-7-4(6)8-3;/h3H,1-2,5H2;1H. The van der Waals surface area contributed by atoms with Crippen LogP contribution in [0.3, 0.4) is 0 Å². The summed E-state index contributed by atoms with van der Waals surface area (Å²) in [6.45, 7) is 0.640. The van der Waals surface area contributed by atoms with E-state index in [2.05, 4.69) is 9.47 Å². The monoisotopic (exact) mass is 153 g/mol. The van der Waals surface area contributed by atoms with Gasteiger partial charge < -0.3 is 15.2 Å². The van der Waals surface area contributed by atoms with E-state index in [1.54, 1.807) is 0 Å². The molecule has 54 valence electrons. The summed E-state index contributed by atoms with van der Waals surface area (Å²) in [6, 6.07) is 0. The molecule has 0 aliphatic carbocycles. The van der Waals surface area contributed by atoms with Gasteiger partial charge in [0.2, 0.25) is 0 Å². The second-order valence-corrected chi connectivity index (χ2v) is 1.54. The molecule has 1 rings (SSSR count). The van der Waals surface area contributed by atoms with Gasteiger partial charge in [-0.3, -0.25) is 0 Å². The fraction of sp³-hybridized carbons (Fsp3) is 0.750. The Morgan fingerprint density at radius 3 is 2.67 bits per heavy atom.